The molecule has 0 atom stereocenters. The summed E-state index contributed by atoms with van der Waals surface area (Å²) in [7, 11) is 0. The van der Waals surface area contributed by atoms with Crippen LogP contribution in [0.5, 0.6) is 0 Å². The molecule has 0 saturated heterocycles. The van der Waals surface area contributed by atoms with E-state index in [0.29, 0.717) is 5.92 Å². The van der Waals surface area contributed by atoms with Crippen molar-refractivity contribution in [1.29, 1.82) is 0 Å². The Balaban J connectivity index is 2.59. The number of hydrogen-bond donors (Lipinski definition) is 1. The van der Waals surface area contributed by atoms with Crippen LogP contribution >= 0.6 is 28.1 Å². The van der Waals surface area contributed by atoms with Gasteiger partial charge in [0.15, 0.2) is 4.77 Å². The summed E-state index contributed by atoms with van der Waals surface area (Å²) in [5.74, 6) is 0.441. The number of nitrogens with one attached hydrogen (secondary N) is 1. The van der Waals surface area contributed by atoms with Gasteiger partial charge in [0.2, 0.25) is 0 Å². The molecule has 1 aromatic carbocycles. The molecule has 0 spiro atoms. The molecule has 1 heterocycles. The molecule has 16 heavy (non-hydrogen) atoms. The predicted octanol–water partition coefficient (Wildman–Crippen LogP) is 4.42. The van der Waals surface area contributed by atoms with Gasteiger partial charge in [-0.3, -0.25) is 4.57 Å². The minimum Gasteiger partial charge on any atom is -0.337 e. The maximum absolute atomic E-state index is 5.30. The zero-order chi connectivity index (χ0) is 11.7. The molecule has 2 rings (SSSR count). The van der Waals surface area contributed by atoms with Crippen LogP contribution in [0.1, 0.15) is 25.5 Å². The molecule has 0 saturated carbocycles. The lowest BCUT2D eigenvalue weighted by atomic mass is 10.1. The maximum Gasteiger partial charge on any atom is 0.182 e. The summed E-state index contributed by atoms with van der Waals surface area (Å²) >= 11 is 8.73. The molecular formula is C12H13BrN2S. The molecule has 0 aliphatic carbocycles. The molecular weight excluding hydrogens is 284 g/mol. The van der Waals surface area contributed by atoms with Crippen LogP contribution in [0.25, 0.3) is 5.69 Å². The van der Waals surface area contributed by atoms with Gasteiger partial charge in [-0.2, -0.15) is 0 Å². The maximum atomic E-state index is 5.30. The second-order valence-corrected chi connectivity index (χ2v) is 5.29. The Hall–Kier alpha value is -0.870. The fourth-order valence-electron chi connectivity index (χ4n) is 1.66. The number of benzene rings is 1. The second-order valence-electron chi connectivity index (χ2n) is 3.99. The molecule has 0 aliphatic rings. The van der Waals surface area contributed by atoms with Crippen molar-refractivity contribution in [2.45, 2.75) is 19.8 Å². The van der Waals surface area contributed by atoms with Gasteiger partial charge >= 0.3 is 0 Å². The minimum absolute atomic E-state index is 0.441. The van der Waals surface area contributed by atoms with Crippen molar-refractivity contribution in [3.63, 3.8) is 0 Å². The first kappa shape index (κ1) is 11.6. The van der Waals surface area contributed by atoms with Gasteiger partial charge < -0.3 is 4.98 Å². The van der Waals surface area contributed by atoms with Gasteiger partial charge in [0, 0.05) is 22.1 Å². The Labute approximate surface area is 108 Å². The van der Waals surface area contributed by atoms with Crippen LogP contribution in [0.4, 0.5) is 0 Å². The molecule has 0 aliphatic heterocycles. The third kappa shape index (κ3) is 2.13. The zero-order valence-electron chi connectivity index (χ0n) is 9.20. The number of H-pyrrole nitrogens is 1. The average Bonchev–Trinajstić information content (AvgIpc) is 2.62. The number of imidazole rings is 1. The van der Waals surface area contributed by atoms with Crippen LogP contribution in [-0.4, -0.2) is 9.55 Å². The smallest absolute Gasteiger partial charge is 0.182 e. The van der Waals surface area contributed by atoms with Crippen molar-refractivity contribution in [2.24, 2.45) is 0 Å². The lowest BCUT2D eigenvalue weighted by Gasteiger charge is -2.10. The van der Waals surface area contributed by atoms with Gasteiger partial charge in [0.05, 0.1) is 0 Å². The molecule has 0 bridgehead atoms. The summed E-state index contributed by atoms with van der Waals surface area (Å²) in [5.41, 5.74) is 2.30. The highest BCUT2D eigenvalue weighted by Gasteiger charge is 2.09. The average molecular weight is 297 g/mol. The lowest BCUT2D eigenvalue weighted by molar-refractivity contribution is 0.783. The number of nitrogens with zero attached hydrogens (tertiary/aromatic N) is 1. The van der Waals surface area contributed by atoms with E-state index in [4.69, 9.17) is 12.2 Å². The fraction of sp³-hybridized carbons (Fsp3) is 0.250. The monoisotopic (exact) mass is 296 g/mol. The Bertz CT molecular complexity index is 537. The van der Waals surface area contributed by atoms with E-state index in [1.165, 1.54) is 5.69 Å². The molecule has 0 unspecified atom stereocenters. The number of rotatable bonds is 2. The largest absolute Gasteiger partial charge is 0.337 e. The summed E-state index contributed by atoms with van der Waals surface area (Å²) in [6.07, 6.45) is 1.98. The van der Waals surface area contributed by atoms with Gasteiger partial charge in [0.1, 0.15) is 0 Å². The third-order valence-electron chi connectivity index (χ3n) is 2.48. The van der Waals surface area contributed by atoms with Crippen molar-refractivity contribution >= 4 is 28.1 Å². The first-order valence-corrected chi connectivity index (χ1v) is 6.36. The second kappa shape index (κ2) is 4.55. The highest BCUT2D eigenvalue weighted by Crippen LogP contribution is 2.21. The zero-order valence-corrected chi connectivity index (χ0v) is 11.6. The molecule has 4 heteroatoms. The van der Waals surface area contributed by atoms with Gasteiger partial charge in [-0.15, -0.1) is 0 Å². The number of halogens is 1. The Kier molecular flexibility index (Phi) is 3.30. The molecule has 0 radical (unpaired) electrons. The van der Waals surface area contributed by atoms with Crippen LogP contribution in [0.15, 0.2) is 34.9 Å². The van der Waals surface area contributed by atoms with E-state index in [-0.39, 0.29) is 0 Å². The van der Waals surface area contributed by atoms with Crippen molar-refractivity contribution < 1.29 is 0 Å². The highest BCUT2D eigenvalue weighted by molar-refractivity contribution is 9.10. The molecule has 84 valence electrons. The summed E-state index contributed by atoms with van der Waals surface area (Å²) in [4.78, 5) is 3.10. The van der Waals surface area contributed by atoms with Crippen LogP contribution in [-0.2, 0) is 0 Å². The number of hydrogen-bond acceptors (Lipinski definition) is 1. The van der Waals surface area contributed by atoms with Crippen LogP contribution in [0.2, 0.25) is 0 Å². The van der Waals surface area contributed by atoms with Gasteiger partial charge in [-0.1, -0.05) is 29.8 Å². The van der Waals surface area contributed by atoms with Crippen LogP contribution < -0.4 is 0 Å². The molecule has 1 N–H and O–H groups in total. The van der Waals surface area contributed by atoms with Gasteiger partial charge in [-0.25, -0.2) is 0 Å². The Morgan fingerprint density at radius 3 is 2.44 bits per heavy atom. The summed E-state index contributed by atoms with van der Waals surface area (Å²) in [6.45, 7) is 4.32. The van der Waals surface area contributed by atoms with E-state index in [1.54, 1.807) is 0 Å². The first-order valence-electron chi connectivity index (χ1n) is 5.16. The summed E-state index contributed by atoms with van der Waals surface area (Å²) < 4.78 is 3.89. The Morgan fingerprint density at radius 2 is 1.88 bits per heavy atom. The highest BCUT2D eigenvalue weighted by atomic mass is 79.9. The summed E-state index contributed by atoms with van der Waals surface area (Å²) in [5, 5.41) is 0. The van der Waals surface area contributed by atoms with E-state index in [9.17, 15) is 0 Å². The number of aromatic amines is 1. The van der Waals surface area contributed by atoms with E-state index in [0.717, 1.165) is 14.9 Å². The van der Waals surface area contributed by atoms with E-state index >= 15 is 0 Å². The molecule has 1 aromatic heterocycles. The van der Waals surface area contributed by atoms with Crippen molar-refractivity contribution in [1.82, 2.24) is 9.55 Å². The molecule has 0 amide bonds. The van der Waals surface area contributed by atoms with Gasteiger partial charge in [0.25, 0.3) is 0 Å². The predicted molar refractivity (Wildman–Crippen MR) is 72.7 cm³/mol. The standard InChI is InChI=1S/C12H13BrN2S/c1-8(2)11-7-14-12(16)15(11)10-5-3-9(13)4-6-10/h3-8H,1-2H3,(H,14,16). The fourth-order valence-corrected chi connectivity index (χ4v) is 2.20. The first-order chi connectivity index (χ1) is 7.59. The van der Waals surface area contributed by atoms with E-state index in [1.807, 2.05) is 18.3 Å². The van der Waals surface area contributed by atoms with E-state index < -0.39 is 0 Å². The summed E-state index contributed by atoms with van der Waals surface area (Å²) in [6, 6.07) is 8.15. The van der Waals surface area contributed by atoms with Crippen molar-refractivity contribution in [3.05, 3.63) is 45.4 Å². The van der Waals surface area contributed by atoms with Crippen molar-refractivity contribution in [2.75, 3.05) is 0 Å². The molecule has 2 aromatic rings. The normalized spacial score (nSPS) is 11.0. The minimum atomic E-state index is 0.441. The van der Waals surface area contributed by atoms with Crippen LogP contribution in [0.3, 0.4) is 0 Å². The molecule has 0 fully saturated rings. The van der Waals surface area contributed by atoms with E-state index in [2.05, 4.69) is 51.5 Å². The lowest BCUT2D eigenvalue weighted by Crippen LogP contribution is -2.01. The molecule has 2 nitrogen and oxygen atoms in total. The Morgan fingerprint density at radius 1 is 1.25 bits per heavy atom. The van der Waals surface area contributed by atoms with Crippen molar-refractivity contribution in [3.8, 4) is 5.69 Å². The third-order valence-corrected chi connectivity index (χ3v) is 3.31. The van der Waals surface area contributed by atoms with Gasteiger partial charge in [-0.05, 0) is 42.4 Å². The SMILES string of the molecule is CC(C)c1c[nH]c(=S)n1-c1ccc(Br)cc1. The topological polar surface area (TPSA) is 20.7 Å². The van der Waals surface area contributed by atoms with Crippen LogP contribution in [0, 0.1) is 4.77 Å². The quantitative estimate of drug-likeness (QED) is 0.814. The number of aromatic nitrogens is 2.